The van der Waals surface area contributed by atoms with E-state index in [1.807, 2.05) is 0 Å². The van der Waals surface area contributed by atoms with Crippen LogP contribution in [0, 0.1) is 0 Å². The number of halogens is 1. The number of hydrogen-bond acceptors (Lipinski definition) is 0. The van der Waals surface area contributed by atoms with Gasteiger partial charge in [-0.05, 0) is 19.3 Å². The summed E-state index contributed by atoms with van der Waals surface area (Å²) in [6, 6.07) is 12.1. The average Bonchev–Trinajstić information content (AvgIpc) is 2.99. The predicted octanol–water partition coefficient (Wildman–Crippen LogP) is 11.2. The van der Waals surface area contributed by atoms with Crippen LogP contribution in [0.3, 0.4) is 0 Å². The van der Waals surface area contributed by atoms with Gasteiger partial charge in [0.05, 0.1) is 20.6 Å². The maximum absolute atomic E-state index is 2.50. The Labute approximate surface area is 283 Å². The normalized spacial score (nSPS) is 12.4. The molecule has 0 fully saturated rings. The lowest BCUT2D eigenvalue weighted by molar-refractivity contribution is -0.921. The van der Waals surface area contributed by atoms with E-state index in [2.05, 4.69) is 58.3 Å². The van der Waals surface area contributed by atoms with Crippen molar-refractivity contribution in [2.75, 3.05) is 20.6 Å². The lowest BCUT2D eigenvalue weighted by Crippen LogP contribution is -3.00. The molecule has 0 amide bonds. The van der Waals surface area contributed by atoms with Crippen LogP contribution in [0.4, 0.5) is 0 Å². The Morgan fingerprint density at radius 3 is 1.07 bits per heavy atom. The number of rotatable bonds is 32. The molecule has 0 bridgehead atoms. The van der Waals surface area contributed by atoms with Crippen LogP contribution in [-0.2, 0) is 0 Å². The van der Waals surface area contributed by atoms with Crippen molar-refractivity contribution in [1.82, 2.24) is 0 Å². The Bertz CT molecular complexity index is 657. The Balaban J connectivity index is 0.0000176. The molecule has 1 rings (SSSR count). The van der Waals surface area contributed by atoms with Gasteiger partial charge in [-0.3, -0.25) is 0 Å². The Hall–Kier alpha value is -0.340. The van der Waals surface area contributed by atoms with Gasteiger partial charge in [-0.25, -0.2) is 0 Å². The molecule has 0 saturated carbocycles. The van der Waals surface area contributed by atoms with E-state index in [0.717, 1.165) is 4.48 Å². The largest absolute Gasteiger partial charge is 1.00 e. The Morgan fingerprint density at radius 2 is 0.721 bits per heavy atom. The molecule has 0 aliphatic heterocycles. The fourth-order valence-corrected chi connectivity index (χ4v) is 7.00. The van der Waals surface area contributed by atoms with Gasteiger partial charge in [0, 0.05) is 12.0 Å². The zero-order valence-corrected chi connectivity index (χ0v) is 31.6. The van der Waals surface area contributed by atoms with Gasteiger partial charge in [0.2, 0.25) is 0 Å². The van der Waals surface area contributed by atoms with Gasteiger partial charge < -0.3 is 21.5 Å². The maximum atomic E-state index is 2.50. The average molecular weight is 665 g/mol. The molecular formula is C41H78BrN. The van der Waals surface area contributed by atoms with E-state index in [9.17, 15) is 0 Å². The first-order valence-corrected chi connectivity index (χ1v) is 19.5. The maximum Gasteiger partial charge on any atom is 0.114 e. The number of unbranched alkanes of at least 4 members (excludes halogenated alkanes) is 26. The smallest absolute Gasteiger partial charge is 0.114 e. The van der Waals surface area contributed by atoms with E-state index in [1.54, 1.807) is 5.56 Å². The minimum absolute atomic E-state index is 0. The highest BCUT2D eigenvalue weighted by molar-refractivity contribution is 5.17. The number of benzene rings is 1. The minimum Gasteiger partial charge on any atom is -1.00 e. The molecule has 1 atom stereocenters. The predicted molar refractivity (Wildman–Crippen MR) is 191 cm³/mol. The molecule has 1 unspecified atom stereocenters. The molecule has 254 valence electrons. The van der Waals surface area contributed by atoms with E-state index >= 15 is 0 Å². The number of nitrogens with zero attached hydrogens (tertiary/aromatic N) is 1. The molecular weight excluding hydrogens is 586 g/mol. The van der Waals surface area contributed by atoms with Crippen molar-refractivity contribution in [1.29, 1.82) is 0 Å². The summed E-state index contributed by atoms with van der Waals surface area (Å²) in [6.45, 7) is 5.93. The van der Waals surface area contributed by atoms with Gasteiger partial charge in [0.25, 0.3) is 0 Å². The SMILES string of the molecule is CCCCCCCCCCCCCCCCC(c1ccccc1)[N+](C)(C)CCCCCCCCCCCCCCCC.[Br-]. The third kappa shape index (κ3) is 25.5. The minimum atomic E-state index is 0. The van der Waals surface area contributed by atoms with Crippen LogP contribution < -0.4 is 17.0 Å². The quantitative estimate of drug-likeness (QED) is 0.0531. The first-order valence-electron chi connectivity index (χ1n) is 19.5. The standard InChI is InChI=1S/C41H78N.BrH/c1-5-7-9-11-13-15-17-19-21-23-25-27-29-34-38-41(40-36-32-31-33-37-40)42(3,4)39-35-30-28-26-24-22-20-18-16-14-12-10-8-6-2;/h31-33,36-37,41H,5-30,34-35,38-39H2,1-4H3;1H/q+1;/p-1. The van der Waals surface area contributed by atoms with Gasteiger partial charge >= 0.3 is 0 Å². The zero-order valence-electron chi connectivity index (χ0n) is 30.0. The van der Waals surface area contributed by atoms with Gasteiger partial charge in [-0.2, -0.15) is 0 Å². The third-order valence-corrected chi connectivity index (χ3v) is 9.95. The van der Waals surface area contributed by atoms with E-state index < -0.39 is 0 Å². The summed E-state index contributed by atoms with van der Waals surface area (Å²) in [5.74, 6) is 0. The van der Waals surface area contributed by atoms with Crippen LogP contribution in [0.2, 0.25) is 0 Å². The molecule has 0 aliphatic rings. The van der Waals surface area contributed by atoms with Gasteiger partial charge in [0.1, 0.15) is 6.04 Å². The summed E-state index contributed by atoms with van der Waals surface area (Å²) in [7, 11) is 5.01. The summed E-state index contributed by atoms with van der Waals surface area (Å²) < 4.78 is 1.15. The van der Waals surface area contributed by atoms with Crippen molar-refractivity contribution in [3.05, 3.63) is 35.9 Å². The van der Waals surface area contributed by atoms with Crippen molar-refractivity contribution >= 4 is 0 Å². The van der Waals surface area contributed by atoms with Crippen molar-refractivity contribution in [3.8, 4) is 0 Å². The van der Waals surface area contributed by atoms with E-state index in [0.29, 0.717) is 6.04 Å². The van der Waals surface area contributed by atoms with Crippen molar-refractivity contribution in [2.24, 2.45) is 0 Å². The van der Waals surface area contributed by atoms with Crippen molar-refractivity contribution in [2.45, 2.75) is 206 Å². The Kier molecular flexibility index (Phi) is 31.4. The van der Waals surface area contributed by atoms with Crippen LogP contribution in [0.5, 0.6) is 0 Å². The fourth-order valence-electron chi connectivity index (χ4n) is 7.00. The second-order valence-corrected chi connectivity index (χ2v) is 14.4. The van der Waals surface area contributed by atoms with Crippen LogP contribution >= 0.6 is 0 Å². The summed E-state index contributed by atoms with van der Waals surface area (Å²) >= 11 is 0. The highest BCUT2D eigenvalue weighted by atomic mass is 79.9. The number of quaternary nitrogens is 1. The third-order valence-electron chi connectivity index (χ3n) is 9.95. The first kappa shape index (κ1) is 42.7. The van der Waals surface area contributed by atoms with Crippen LogP contribution in [0.15, 0.2) is 30.3 Å². The molecule has 0 saturated heterocycles. The Morgan fingerprint density at radius 1 is 0.419 bits per heavy atom. The molecule has 1 aromatic carbocycles. The molecule has 2 heteroatoms. The second kappa shape index (κ2) is 31.6. The molecule has 0 heterocycles. The van der Waals surface area contributed by atoms with Crippen LogP contribution in [0.25, 0.3) is 0 Å². The van der Waals surface area contributed by atoms with Crippen molar-refractivity contribution in [3.63, 3.8) is 0 Å². The molecule has 1 nitrogen and oxygen atoms in total. The molecule has 43 heavy (non-hydrogen) atoms. The summed E-state index contributed by atoms with van der Waals surface area (Å²) in [4.78, 5) is 0. The summed E-state index contributed by atoms with van der Waals surface area (Å²) in [5, 5.41) is 0. The van der Waals surface area contributed by atoms with Crippen LogP contribution in [-0.4, -0.2) is 25.1 Å². The highest BCUT2D eigenvalue weighted by Gasteiger charge is 2.28. The van der Waals surface area contributed by atoms with Crippen LogP contribution in [0.1, 0.15) is 212 Å². The molecule has 0 aliphatic carbocycles. The second-order valence-electron chi connectivity index (χ2n) is 14.4. The molecule has 1 aromatic rings. The molecule has 0 spiro atoms. The van der Waals surface area contributed by atoms with E-state index in [1.165, 1.54) is 193 Å². The summed E-state index contributed by atoms with van der Waals surface area (Å²) in [6.07, 6.45) is 41.7. The van der Waals surface area contributed by atoms with E-state index in [-0.39, 0.29) is 17.0 Å². The first-order chi connectivity index (χ1) is 20.6. The lowest BCUT2D eigenvalue weighted by atomic mass is 9.96. The van der Waals surface area contributed by atoms with Crippen molar-refractivity contribution < 1.29 is 21.5 Å². The summed E-state index contributed by atoms with van der Waals surface area (Å²) in [5.41, 5.74) is 1.56. The highest BCUT2D eigenvalue weighted by Crippen LogP contribution is 2.31. The lowest BCUT2D eigenvalue weighted by Gasteiger charge is -2.39. The number of hydrogen-bond donors (Lipinski definition) is 0. The topological polar surface area (TPSA) is 0 Å². The zero-order chi connectivity index (χ0) is 30.4. The molecule has 0 N–H and O–H groups in total. The molecule has 0 aromatic heterocycles. The monoisotopic (exact) mass is 664 g/mol. The fraction of sp³-hybridized carbons (Fsp3) is 0.854. The van der Waals surface area contributed by atoms with E-state index in [4.69, 9.17) is 0 Å². The van der Waals surface area contributed by atoms with Gasteiger partial charge in [-0.15, -0.1) is 0 Å². The molecule has 0 radical (unpaired) electrons. The van der Waals surface area contributed by atoms with Gasteiger partial charge in [0.15, 0.2) is 0 Å². The van der Waals surface area contributed by atoms with Gasteiger partial charge in [-0.1, -0.05) is 205 Å².